The Morgan fingerprint density at radius 3 is 2.70 bits per heavy atom. The number of methoxy groups -OCH3 is 1. The maximum absolute atomic E-state index is 11.6. The highest BCUT2D eigenvalue weighted by atomic mass is 16.5. The molecule has 110 valence electrons. The Morgan fingerprint density at radius 1 is 1.45 bits per heavy atom. The quantitative estimate of drug-likeness (QED) is 0.834. The van der Waals surface area contributed by atoms with Gasteiger partial charge in [-0.3, -0.25) is 0 Å². The molecule has 1 aromatic heterocycles. The van der Waals surface area contributed by atoms with Gasteiger partial charge in [-0.2, -0.15) is 0 Å². The van der Waals surface area contributed by atoms with E-state index in [1.54, 1.807) is 6.07 Å². The lowest BCUT2D eigenvalue weighted by Crippen LogP contribution is -2.36. The predicted octanol–water partition coefficient (Wildman–Crippen LogP) is 1.92. The predicted molar refractivity (Wildman–Crippen MR) is 77.0 cm³/mol. The molecule has 1 aliphatic rings. The minimum absolute atomic E-state index is 0.107. The largest absolute Gasteiger partial charge is 0.465 e. The first-order valence-corrected chi connectivity index (χ1v) is 7.11. The van der Waals surface area contributed by atoms with Gasteiger partial charge in [-0.25, -0.2) is 9.78 Å². The monoisotopic (exact) mass is 278 g/mol. The number of rotatable bonds is 5. The van der Waals surface area contributed by atoms with Gasteiger partial charge in [0.2, 0.25) is 0 Å². The van der Waals surface area contributed by atoms with Crippen molar-refractivity contribution in [3.8, 4) is 0 Å². The van der Waals surface area contributed by atoms with E-state index in [0.29, 0.717) is 23.8 Å². The minimum atomic E-state index is -0.365. The van der Waals surface area contributed by atoms with Crippen molar-refractivity contribution in [2.45, 2.75) is 38.6 Å². The zero-order valence-corrected chi connectivity index (χ0v) is 12.1. The standard InChI is InChI=1S/C15H22N2O3/c1-11-13(15(19)20-2)7-8-14(16-11)17(9-10-18)12-5-3-4-6-12/h7-8,12,18H,3-6,9-10H2,1-2H3. The molecule has 1 saturated carbocycles. The number of pyridine rings is 1. The molecule has 0 atom stereocenters. The number of aryl methyl sites for hydroxylation is 1. The molecule has 0 amide bonds. The molecule has 0 saturated heterocycles. The summed E-state index contributed by atoms with van der Waals surface area (Å²) in [6.07, 6.45) is 4.73. The second-order valence-corrected chi connectivity index (χ2v) is 5.15. The molecule has 1 heterocycles. The van der Waals surface area contributed by atoms with Crippen LogP contribution in [0.1, 0.15) is 41.7 Å². The van der Waals surface area contributed by atoms with Gasteiger partial charge in [0.25, 0.3) is 0 Å². The SMILES string of the molecule is COC(=O)c1ccc(N(CCO)C2CCCC2)nc1C. The van der Waals surface area contributed by atoms with E-state index in [1.165, 1.54) is 20.0 Å². The summed E-state index contributed by atoms with van der Waals surface area (Å²) in [7, 11) is 1.37. The third kappa shape index (κ3) is 3.10. The smallest absolute Gasteiger partial charge is 0.339 e. The van der Waals surface area contributed by atoms with Crippen LogP contribution in [0, 0.1) is 6.92 Å². The molecule has 0 radical (unpaired) electrons. The van der Waals surface area contributed by atoms with E-state index in [0.717, 1.165) is 18.7 Å². The van der Waals surface area contributed by atoms with Crippen molar-refractivity contribution in [3.05, 3.63) is 23.4 Å². The first kappa shape index (κ1) is 14.8. The Kier molecular flexibility index (Phi) is 4.95. The van der Waals surface area contributed by atoms with Crippen LogP contribution in [-0.2, 0) is 4.74 Å². The average Bonchev–Trinajstić information content (AvgIpc) is 2.97. The molecule has 20 heavy (non-hydrogen) atoms. The van der Waals surface area contributed by atoms with Gasteiger partial charge in [0.15, 0.2) is 0 Å². The molecule has 0 spiro atoms. The Bertz CT molecular complexity index is 470. The maximum atomic E-state index is 11.6. The molecule has 0 bridgehead atoms. The number of carbonyl (C=O) groups is 1. The third-order valence-corrected chi connectivity index (χ3v) is 3.88. The Labute approximate surface area is 119 Å². The van der Waals surface area contributed by atoms with Gasteiger partial charge < -0.3 is 14.7 Å². The number of aliphatic hydroxyl groups is 1. The lowest BCUT2D eigenvalue weighted by molar-refractivity contribution is 0.0599. The molecule has 0 aliphatic heterocycles. The lowest BCUT2D eigenvalue weighted by Gasteiger charge is -2.29. The van der Waals surface area contributed by atoms with Crippen LogP contribution in [0.3, 0.4) is 0 Å². The Balaban J connectivity index is 2.25. The van der Waals surface area contributed by atoms with Gasteiger partial charge in [-0.1, -0.05) is 12.8 Å². The summed E-state index contributed by atoms with van der Waals surface area (Å²) in [5.41, 5.74) is 1.15. The molecule has 1 fully saturated rings. The van der Waals surface area contributed by atoms with Gasteiger partial charge in [0.1, 0.15) is 5.82 Å². The Hall–Kier alpha value is -1.62. The minimum Gasteiger partial charge on any atom is -0.465 e. The van der Waals surface area contributed by atoms with Crippen molar-refractivity contribution >= 4 is 11.8 Å². The van der Waals surface area contributed by atoms with Gasteiger partial charge in [0.05, 0.1) is 25.0 Å². The van der Waals surface area contributed by atoms with E-state index in [-0.39, 0.29) is 12.6 Å². The fraction of sp³-hybridized carbons (Fsp3) is 0.600. The third-order valence-electron chi connectivity index (χ3n) is 3.88. The average molecular weight is 278 g/mol. The van der Waals surface area contributed by atoms with Gasteiger partial charge in [-0.15, -0.1) is 0 Å². The number of hydrogen-bond donors (Lipinski definition) is 1. The van der Waals surface area contributed by atoms with Crippen molar-refractivity contribution in [1.82, 2.24) is 4.98 Å². The van der Waals surface area contributed by atoms with Crippen LogP contribution >= 0.6 is 0 Å². The van der Waals surface area contributed by atoms with E-state index in [9.17, 15) is 9.90 Å². The van der Waals surface area contributed by atoms with Crippen molar-refractivity contribution in [2.75, 3.05) is 25.2 Å². The molecule has 1 N–H and O–H groups in total. The fourth-order valence-corrected chi connectivity index (χ4v) is 2.84. The van der Waals surface area contributed by atoms with Crippen molar-refractivity contribution < 1.29 is 14.6 Å². The van der Waals surface area contributed by atoms with Crippen LogP contribution in [0.25, 0.3) is 0 Å². The molecular weight excluding hydrogens is 256 g/mol. The van der Waals surface area contributed by atoms with Crippen LogP contribution in [0.4, 0.5) is 5.82 Å². The van der Waals surface area contributed by atoms with Crippen molar-refractivity contribution in [1.29, 1.82) is 0 Å². The zero-order valence-electron chi connectivity index (χ0n) is 12.1. The van der Waals surface area contributed by atoms with Gasteiger partial charge in [0, 0.05) is 12.6 Å². The Morgan fingerprint density at radius 2 is 2.15 bits per heavy atom. The first-order valence-electron chi connectivity index (χ1n) is 7.11. The summed E-state index contributed by atoms with van der Waals surface area (Å²) in [6.45, 7) is 2.49. The number of anilines is 1. The highest BCUT2D eigenvalue weighted by Gasteiger charge is 2.24. The van der Waals surface area contributed by atoms with E-state index in [4.69, 9.17) is 4.74 Å². The van der Waals surface area contributed by atoms with Crippen LogP contribution in [0.15, 0.2) is 12.1 Å². The molecule has 1 aromatic rings. The van der Waals surface area contributed by atoms with Crippen LogP contribution < -0.4 is 4.90 Å². The summed E-state index contributed by atoms with van der Waals surface area (Å²) in [4.78, 5) is 18.3. The molecular formula is C15H22N2O3. The number of nitrogens with zero attached hydrogens (tertiary/aromatic N) is 2. The number of aliphatic hydroxyl groups excluding tert-OH is 1. The summed E-state index contributed by atoms with van der Waals surface area (Å²) < 4.78 is 4.73. The van der Waals surface area contributed by atoms with Gasteiger partial charge >= 0.3 is 5.97 Å². The fourth-order valence-electron chi connectivity index (χ4n) is 2.84. The van der Waals surface area contributed by atoms with Crippen LogP contribution in [0.5, 0.6) is 0 Å². The van der Waals surface area contributed by atoms with E-state index >= 15 is 0 Å². The molecule has 5 heteroatoms. The molecule has 2 rings (SSSR count). The van der Waals surface area contributed by atoms with Crippen molar-refractivity contribution in [2.24, 2.45) is 0 Å². The summed E-state index contributed by atoms with van der Waals surface area (Å²) >= 11 is 0. The number of aromatic nitrogens is 1. The molecule has 5 nitrogen and oxygen atoms in total. The molecule has 0 unspecified atom stereocenters. The number of carbonyl (C=O) groups excluding carboxylic acids is 1. The second-order valence-electron chi connectivity index (χ2n) is 5.15. The van der Waals surface area contributed by atoms with Gasteiger partial charge in [-0.05, 0) is 31.9 Å². The molecule has 0 aromatic carbocycles. The van der Waals surface area contributed by atoms with E-state index in [1.807, 2.05) is 13.0 Å². The summed E-state index contributed by atoms with van der Waals surface area (Å²) in [5, 5.41) is 9.26. The molecule has 1 aliphatic carbocycles. The highest BCUT2D eigenvalue weighted by Crippen LogP contribution is 2.27. The summed E-state index contributed by atoms with van der Waals surface area (Å²) in [6, 6.07) is 4.04. The van der Waals surface area contributed by atoms with Crippen LogP contribution in [-0.4, -0.2) is 42.4 Å². The number of hydrogen-bond acceptors (Lipinski definition) is 5. The number of esters is 1. The lowest BCUT2D eigenvalue weighted by atomic mass is 10.1. The van der Waals surface area contributed by atoms with E-state index in [2.05, 4.69) is 9.88 Å². The zero-order chi connectivity index (χ0) is 14.5. The first-order chi connectivity index (χ1) is 9.67. The highest BCUT2D eigenvalue weighted by molar-refractivity contribution is 5.90. The van der Waals surface area contributed by atoms with Crippen molar-refractivity contribution in [3.63, 3.8) is 0 Å². The topological polar surface area (TPSA) is 62.7 Å². The van der Waals surface area contributed by atoms with E-state index < -0.39 is 0 Å². The number of ether oxygens (including phenoxy) is 1. The maximum Gasteiger partial charge on any atom is 0.339 e. The normalized spacial score (nSPS) is 15.3. The second kappa shape index (κ2) is 6.70. The van der Waals surface area contributed by atoms with Crippen LogP contribution in [0.2, 0.25) is 0 Å². The summed E-state index contributed by atoms with van der Waals surface area (Å²) in [5.74, 6) is 0.465.